The van der Waals surface area contributed by atoms with Gasteiger partial charge in [0.25, 0.3) is 0 Å². The van der Waals surface area contributed by atoms with Gasteiger partial charge in [0, 0.05) is 17.4 Å². The van der Waals surface area contributed by atoms with Crippen LogP contribution in [-0.4, -0.2) is 36.6 Å². The van der Waals surface area contributed by atoms with Crippen molar-refractivity contribution in [3.8, 4) is 28.1 Å². The summed E-state index contributed by atoms with van der Waals surface area (Å²) in [6.45, 7) is 0. The maximum Gasteiger partial charge on any atom is 0.460 e. The molecule has 0 aliphatic carbocycles. The molecule has 0 aliphatic rings. The smallest absolute Gasteiger partial charge is 0.232 e. The second kappa shape index (κ2) is 9.43. The molecule has 0 bridgehead atoms. The summed E-state index contributed by atoms with van der Waals surface area (Å²) in [7, 11) is -3.74. The van der Waals surface area contributed by atoms with Gasteiger partial charge in [-0.2, -0.15) is 35.8 Å². The molecular formula is C25H15F9N2O2S. The first-order valence-corrected chi connectivity index (χ1v) is 12.6. The van der Waals surface area contributed by atoms with Crippen LogP contribution in [-0.2, 0) is 15.8 Å². The molecule has 0 fully saturated rings. The Labute approximate surface area is 215 Å². The zero-order valence-corrected chi connectivity index (χ0v) is 20.3. The number of benzene rings is 3. The van der Waals surface area contributed by atoms with Crippen molar-refractivity contribution in [2.75, 3.05) is 6.26 Å². The molecule has 206 valence electrons. The van der Waals surface area contributed by atoms with Crippen LogP contribution in [0.1, 0.15) is 5.69 Å². The van der Waals surface area contributed by atoms with Gasteiger partial charge < -0.3 is 0 Å². The summed E-state index contributed by atoms with van der Waals surface area (Å²) >= 11 is 0. The molecule has 0 amide bonds. The fourth-order valence-electron chi connectivity index (χ4n) is 3.75. The van der Waals surface area contributed by atoms with Gasteiger partial charge >= 0.3 is 18.0 Å². The molecule has 1 aromatic heterocycles. The lowest BCUT2D eigenvalue weighted by atomic mass is 9.94. The fourth-order valence-corrected chi connectivity index (χ4v) is 4.38. The van der Waals surface area contributed by atoms with Crippen LogP contribution in [0.2, 0.25) is 0 Å². The minimum atomic E-state index is -6.69. The lowest BCUT2D eigenvalue weighted by Gasteiger charge is -2.27. The molecule has 0 N–H and O–H groups in total. The van der Waals surface area contributed by atoms with Crippen molar-refractivity contribution >= 4 is 9.84 Å². The zero-order valence-electron chi connectivity index (χ0n) is 19.4. The van der Waals surface area contributed by atoms with Crippen LogP contribution in [0.5, 0.6) is 0 Å². The Morgan fingerprint density at radius 3 is 1.62 bits per heavy atom. The minimum absolute atomic E-state index is 0.129. The van der Waals surface area contributed by atoms with Crippen LogP contribution in [0.25, 0.3) is 28.1 Å². The number of sulfone groups is 1. The highest BCUT2D eigenvalue weighted by molar-refractivity contribution is 7.90. The second-order valence-electron chi connectivity index (χ2n) is 8.41. The highest BCUT2D eigenvalue weighted by Crippen LogP contribution is 2.54. The first-order chi connectivity index (χ1) is 17.9. The monoisotopic (exact) mass is 578 g/mol. The topological polar surface area (TPSA) is 52.0 Å². The molecule has 1 heterocycles. The summed E-state index contributed by atoms with van der Waals surface area (Å²) in [6.07, 6.45) is -5.81. The molecule has 0 radical (unpaired) electrons. The summed E-state index contributed by atoms with van der Waals surface area (Å²) in [5.74, 6) is -14.2. The average molecular weight is 578 g/mol. The van der Waals surface area contributed by atoms with E-state index in [-0.39, 0.29) is 16.1 Å². The van der Waals surface area contributed by atoms with Crippen molar-refractivity contribution in [1.82, 2.24) is 9.78 Å². The standard InChI is InChI=1S/C25H15F9N2O2S/c1-39(37,38)19-12-4-15(5-13-19)21-20(14-2-6-16(26)7-3-14)22(23(28,29)24(30,31)25(32,33)34)35-36(21)18-10-8-17(27)9-11-18/h2-13H,1H3. The van der Waals surface area contributed by atoms with Gasteiger partial charge in [-0.3, -0.25) is 0 Å². The molecule has 0 spiro atoms. The third-order valence-electron chi connectivity index (χ3n) is 5.69. The molecule has 4 nitrogen and oxygen atoms in total. The molecule has 0 unspecified atom stereocenters. The highest BCUT2D eigenvalue weighted by Gasteiger charge is 2.75. The predicted octanol–water partition coefficient (Wildman–Crippen LogP) is 7.18. The first-order valence-electron chi connectivity index (χ1n) is 10.7. The first kappa shape index (κ1) is 28.2. The summed E-state index contributed by atoms with van der Waals surface area (Å²) in [6, 6.07) is 11.4. The van der Waals surface area contributed by atoms with E-state index in [9.17, 15) is 39.2 Å². The maximum absolute atomic E-state index is 15.2. The van der Waals surface area contributed by atoms with Crippen molar-refractivity contribution < 1.29 is 47.9 Å². The quantitative estimate of drug-likeness (QED) is 0.228. The van der Waals surface area contributed by atoms with E-state index in [1.165, 1.54) is 0 Å². The third-order valence-corrected chi connectivity index (χ3v) is 6.82. The number of alkyl halides is 7. The van der Waals surface area contributed by atoms with Crippen LogP contribution >= 0.6 is 0 Å². The van der Waals surface area contributed by atoms with Gasteiger partial charge in [-0.05, 0) is 54.1 Å². The van der Waals surface area contributed by atoms with Gasteiger partial charge in [0.05, 0.1) is 16.3 Å². The number of hydrogen-bond acceptors (Lipinski definition) is 3. The molecular weight excluding hydrogens is 563 g/mol. The Morgan fingerprint density at radius 2 is 1.15 bits per heavy atom. The molecule has 0 saturated heterocycles. The highest BCUT2D eigenvalue weighted by atomic mass is 32.2. The molecule has 4 rings (SSSR count). The normalized spacial score (nSPS) is 13.1. The Kier molecular flexibility index (Phi) is 6.82. The van der Waals surface area contributed by atoms with E-state index in [0.29, 0.717) is 4.68 Å². The van der Waals surface area contributed by atoms with Crippen molar-refractivity contribution in [3.63, 3.8) is 0 Å². The van der Waals surface area contributed by atoms with Gasteiger partial charge in [0.2, 0.25) is 0 Å². The van der Waals surface area contributed by atoms with E-state index in [1.54, 1.807) is 0 Å². The zero-order chi connectivity index (χ0) is 29.0. The third kappa shape index (κ3) is 5.00. The number of rotatable bonds is 6. The van der Waals surface area contributed by atoms with Crippen molar-refractivity contribution in [3.05, 3.63) is 90.1 Å². The van der Waals surface area contributed by atoms with E-state index >= 15 is 8.78 Å². The average Bonchev–Trinajstić information content (AvgIpc) is 3.25. The van der Waals surface area contributed by atoms with Gasteiger partial charge in [-0.25, -0.2) is 21.9 Å². The summed E-state index contributed by atoms with van der Waals surface area (Å²) in [5.41, 5.74) is -4.13. The molecule has 14 heteroatoms. The van der Waals surface area contributed by atoms with Crippen LogP contribution in [0.15, 0.2) is 77.7 Å². The molecule has 0 atom stereocenters. The Morgan fingerprint density at radius 1 is 0.692 bits per heavy atom. The van der Waals surface area contributed by atoms with Crippen molar-refractivity contribution in [2.45, 2.75) is 22.9 Å². The van der Waals surface area contributed by atoms with Crippen LogP contribution in [0.4, 0.5) is 39.5 Å². The summed E-state index contributed by atoms with van der Waals surface area (Å²) in [4.78, 5) is -0.211. The van der Waals surface area contributed by atoms with Gasteiger partial charge in [0.1, 0.15) is 17.3 Å². The van der Waals surface area contributed by atoms with Crippen LogP contribution in [0, 0.1) is 11.6 Å². The van der Waals surface area contributed by atoms with Gasteiger partial charge in [0.15, 0.2) is 9.84 Å². The lowest BCUT2D eigenvalue weighted by molar-refractivity contribution is -0.360. The van der Waals surface area contributed by atoms with E-state index in [0.717, 1.165) is 79.1 Å². The van der Waals surface area contributed by atoms with E-state index in [4.69, 9.17) is 0 Å². The molecule has 4 aromatic rings. The van der Waals surface area contributed by atoms with E-state index < -0.39 is 62.0 Å². The number of nitrogens with zero attached hydrogens (tertiary/aromatic N) is 2. The Hall–Kier alpha value is -3.81. The van der Waals surface area contributed by atoms with Crippen LogP contribution < -0.4 is 0 Å². The fraction of sp³-hybridized carbons (Fsp3) is 0.160. The largest absolute Gasteiger partial charge is 0.460 e. The Balaban J connectivity index is 2.15. The molecule has 39 heavy (non-hydrogen) atoms. The van der Waals surface area contributed by atoms with Crippen LogP contribution in [0.3, 0.4) is 0 Å². The Bertz CT molecular complexity index is 1610. The molecule has 0 aliphatic heterocycles. The molecule has 3 aromatic carbocycles. The van der Waals surface area contributed by atoms with Crippen molar-refractivity contribution in [1.29, 1.82) is 0 Å². The second-order valence-corrected chi connectivity index (χ2v) is 10.4. The minimum Gasteiger partial charge on any atom is -0.232 e. The number of halogens is 9. The van der Waals surface area contributed by atoms with Gasteiger partial charge in [-0.1, -0.05) is 24.3 Å². The maximum atomic E-state index is 15.2. The summed E-state index contributed by atoms with van der Waals surface area (Å²) < 4.78 is 150. The molecule has 0 saturated carbocycles. The number of aromatic nitrogens is 2. The van der Waals surface area contributed by atoms with E-state index in [2.05, 4.69) is 5.10 Å². The van der Waals surface area contributed by atoms with Crippen molar-refractivity contribution in [2.24, 2.45) is 0 Å². The number of hydrogen-bond donors (Lipinski definition) is 0. The van der Waals surface area contributed by atoms with E-state index in [1.807, 2.05) is 0 Å². The summed E-state index contributed by atoms with van der Waals surface area (Å²) in [5, 5.41) is 3.46. The lowest BCUT2D eigenvalue weighted by Crippen LogP contribution is -2.50. The SMILES string of the molecule is CS(=O)(=O)c1ccc(-c2c(-c3ccc(F)cc3)c(C(F)(F)C(F)(F)C(F)(F)F)nn2-c2ccc(F)cc2)cc1. The van der Waals surface area contributed by atoms with Gasteiger partial charge in [-0.15, -0.1) is 0 Å². The predicted molar refractivity (Wildman–Crippen MR) is 122 cm³/mol.